The third kappa shape index (κ3) is 4.88. The van der Waals surface area contributed by atoms with Crippen LogP contribution in [0.3, 0.4) is 0 Å². The number of para-hydroxylation sites is 1. The van der Waals surface area contributed by atoms with Crippen LogP contribution in [0.5, 0.6) is 11.5 Å². The van der Waals surface area contributed by atoms with Gasteiger partial charge in [0.1, 0.15) is 22.4 Å². The molecule has 0 aliphatic carbocycles. The van der Waals surface area contributed by atoms with Crippen LogP contribution in [0.25, 0.3) is 5.57 Å². The minimum absolute atomic E-state index is 0.250. The van der Waals surface area contributed by atoms with E-state index in [0.29, 0.717) is 32.8 Å². The molecule has 0 bridgehead atoms. The van der Waals surface area contributed by atoms with Crippen molar-refractivity contribution < 1.29 is 23.9 Å². The molecule has 3 amide bonds. The summed E-state index contributed by atoms with van der Waals surface area (Å²) >= 11 is 6.69. The van der Waals surface area contributed by atoms with Crippen LogP contribution >= 0.6 is 24.0 Å². The van der Waals surface area contributed by atoms with Gasteiger partial charge in [-0.1, -0.05) is 72.5 Å². The molecule has 1 saturated heterocycles. The number of amides is 3. The van der Waals surface area contributed by atoms with Gasteiger partial charge in [0.05, 0.1) is 42.1 Å². The quantitative estimate of drug-likeness (QED) is 0.321. The van der Waals surface area contributed by atoms with Gasteiger partial charge in [-0.2, -0.15) is 0 Å². The van der Waals surface area contributed by atoms with E-state index in [1.54, 1.807) is 47.4 Å². The van der Waals surface area contributed by atoms with Crippen LogP contribution < -0.4 is 19.7 Å². The number of hydrogen-bond donors (Lipinski definition) is 1. The summed E-state index contributed by atoms with van der Waals surface area (Å²) in [7, 11) is 3.03. The van der Waals surface area contributed by atoms with Gasteiger partial charge in [-0.3, -0.25) is 24.2 Å². The van der Waals surface area contributed by atoms with Crippen LogP contribution in [0.15, 0.2) is 77.7 Å². The first kappa shape index (κ1) is 26.5. The fraction of sp³-hybridized carbons (Fsp3) is 0.172. The molecular weight excluding hydrogens is 534 g/mol. The third-order valence-electron chi connectivity index (χ3n) is 6.60. The number of nitrogens with one attached hydrogen (secondary N) is 1. The van der Waals surface area contributed by atoms with Crippen molar-refractivity contribution in [1.82, 2.24) is 4.90 Å². The highest BCUT2D eigenvalue weighted by Crippen LogP contribution is 2.46. The van der Waals surface area contributed by atoms with E-state index in [2.05, 4.69) is 5.32 Å². The molecule has 2 aliphatic rings. The SMILES string of the molecule is COc1ccc(NC(=O)CN2C(=O)/C(=C3/SC(=S)N(C(C)c4ccccc4)C3=O)c3ccccc32)c(OC)c1. The number of anilines is 2. The molecule has 8 nitrogen and oxygen atoms in total. The van der Waals surface area contributed by atoms with E-state index >= 15 is 0 Å². The molecule has 5 rings (SSSR count). The van der Waals surface area contributed by atoms with Crippen molar-refractivity contribution in [3.05, 3.63) is 88.8 Å². The van der Waals surface area contributed by atoms with Crippen molar-refractivity contribution in [3.8, 4) is 11.5 Å². The molecule has 2 aliphatic heterocycles. The standard InChI is InChI=1S/C29H25N3O5S2/c1-17(18-9-5-4-6-10-18)32-28(35)26(39-29(32)38)25-20-11-7-8-12-22(20)31(27(25)34)16-24(33)30-21-14-13-19(36-2)15-23(21)37-3/h4-15,17H,16H2,1-3H3,(H,30,33)/b26-25+. The predicted molar refractivity (Wildman–Crippen MR) is 156 cm³/mol. The Labute approximate surface area is 235 Å². The second kappa shape index (κ2) is 10.9. The molecular formula is C29H25N3O5S2. The maximum absolute atomic E-state index is 13.8. The highest BCUT2D eigenvalue weighted by molar-refractivity contribution is 8.26. The number of ether oxygens (including phenoxy) is 2. The van der Waals surface area contributed by atoms with Gasteiger partial charge in [0.2, 0.25) is 5.91 Å². The Hall–Kier alpha value is -4.15. The lowest BCUT2D eigenvalue weighted by Gasteiger charge is -2.23. The minimum Gasteiger partial charge on any atom is -0.497 e. The van der Waals surface area contributed by atoms with Crippen molar-refractivity contribution in [2.45, 2.75) is 13.0 Å². The zero-order valence-electron chi connectivity index (χ0n) is 21.5. The highest BCUT2D eigenvalue weighted by atomic mass is 32.2. The molecule has 1 fully saturated rings. The molecule has 3 aromatic rings. The van der Waals surface area contributed by atoms with Crippen LogP contribution in [-0.4, -0.2) is 47.7 Å². The number of fused-ring (bicyclic) bond motifs is 1. The normalized spacial score (nSPS) is 17.4. The fourth-order valence-electron chi connectivity index (χ4n) is 4.64. The number of benzene rings is 3. The molecule has 1 atom stereocenters. The van der Waals surface area contributed by atoms with Gasteiger partial charge in [-0.15, -0.1) is 0 Å². The topological polar surface area (TPSA) is 88.2 Å². The molecule has 1 unspecified atom stereocenters. The van der Waals surface area contributed by atoms with Crippen LogP contribution in [0.1, 0.15) is 24.1 Å². The molecule has 1 N–H and O–H groups in total. The number of carbonyl (C=O) groups excluding carboxylic acids is 3. The Morgan fingerprint density at radius 2 is 1.69 bits per heavy atom. The van der Waals surface area contributed by atoms with Gasteiger partial charge in [0.15, 0.2) is 0 Å². The average molecular weight is 560 g/mol. The zero-order chi connectivity index (χ0) is 27.7. The molecule has 198 valence electrons. The first-order chi connectivity index (χ1) is 18.8. The summed E-state index contributed by atoms with van der Waals surface area (Å²) in [5, 5.41) is 2.80. The summed E-state index contributed by atoms with van der Waals surface area (Å²) in [6.07, 6.45) is 0. The van der Waals surface area contributed by atoms with Gasteiger partial charge in [-0.25, -0.2) is 0 Å². The van der Waals surface area contributed by atoms with Crippen LogP contribution in [-0.2, 0) is 14.4 Å². The smallest absolute Gasteiger partial charge is 0.267 e. The van der Waals surface area contributed by atoms with Gasteiger partial charge in [-0.05, 0) is 30.7 Å². The lowest BCUT2D eigenvalue weighted by molar-refractivity contribution is -0.123. The van der Waals surface area contributed by atoms with E-state index in [1.807, 2.05) is 37.3 Å². The Kier molecular flexibility index (Phi) is 7.40. The van der Waals surface area contributed by atoms with Crippen LogP contribution in [0, 0.1) is 0 Å². The van der Waals surface area contributed by atoms with Crippen molar-refractivity contribution in [3.63, 3.8) is 0 Å². The summed E-state index contributed by atoms with van der Waals surface area (Å²) in [5.74, 6) is -0.174. The van der Waals surface area contributed by atoms with Crippen molar-refractivity contribution in [2.75, 3.05) is 31.0 Å². The summed E-state index contributed by atoms with van der Waals surface area (Å²) in [4.78, 5) is 43.7. The van der Waals surface area contributed by atoms with Gasteiger partial charge < -0.3 is 14.8 Å². The van der Waals surface area contributed by atoms with E-state index in [4.69, 9.17) is 21.7 Å². The van der Waals surface area contributed by atoms with E-state index in [1.165, 1.54) is 19.1 Å². The number of thioether (sulfide) groups is 1. The van der Waals surface area contributed by atoms with Crippen LogP contribution in [0.4, 0.5) is 11.4 Å². The van der Waals surface area contributed by atoms with E-state index in [-0.39, 0.29) is 29.0 Å². The highest BCUT2D eigenvalue weighted by Gasteiger charge is 2.43. The number of hydrogen-bond acceptors (Lipinski definition) is 7. The number of rotatable bonds is 7. The van der Waals surface area contributed by atoms with Crippen LogP contribution in [0.2, 0.25) is 0 Å². The van der Waals surface area contributed by atoms with E-state index in [0.717, 1.165) is 17.3 Å². The Morgan fingerprint density at radius 3 is 2.41 bits per heavy atom. The Bertz CT molecular complexity index is 1520. The van der Waals surface area contributed by atoms with Crippen molar-refractivity contribution in [2.24, 2.45) is 0 Å². The number of thiocarbonyl (C=S) groups is 1. The Morgan fingerprint density at radius 1 is 0.974 bits per heavy atom. The van der Waals surface area contributed by atoms with E-state index in [9.17, 15) is 14.4 Å². The summed E-state index contributed by atoms with van der Waals surface area (Å²) in [5.41, 5.74) is 2.77. The number of methoxy groups -OCH3 is 2. The summed E-state index contributed by atoms with van der Waals surface area (Å²) < 4.78 is 11.0. The first-order valence-electron chi connectivity index (χ1n) is 12.1. The molecule has 0 aromatic heterocycles. The predicted octanol–water partition coefficient (Wildman–Crippen LogP) is 5.02. The Balaban J connectivity index is 1.43. The summed E-state index contributed by atoms with van der Waals surface area (Å²) in [6.45, 7) is 1.65. The molecule has 3 aromatic carbocycles. The third-order valence-corrected chi connectivity index (χ3v) is 8.00. The minimum atomic E-state index is -0.430. The lowest BCUT2D eigenvalue weighted by Crippen LogP contribution is -2.36. The maximum Gasteiger partial charge on any atom is 0.267 e. The molecule has 10 heteroatoms. The maximum atomic E-state index is 13.8. The second-order valence-corrected chi connectivity index (χ2v) is 10.5. The largest absolute Gasteiger partial charge is 0.497 e. The van der Waals surface area contributed by atoms with Gasteiger partial charge in [0.25, 0.3) is 11.8 Å². The monoisotopic (exact) mass is 559 g/mol. The molecule has 39 heavy (non-hydrogen) atoms. The fourth-order valence-corrected chi connectivity index (χ4v) is 6.13. The summed E-state index contributed by atoms with van der Waals surface area (Å²) in [6, 6.07) is 21.4. The van der Waals surface area contributed by atoms with Gasteiger partial charge in [0, 0.05) is 11.6 Å². The number of carbonyl (C=O) groups is 3. The average Bonchev–Trinajstić information content (AvgIpc) is 3.39. The molecule has 2 heterocycles. The molecule has 0 radical (unpaired) electrons. The molecule has 0 spiro atoms. The first-order valence-corrected chi connectivity index (χ1v) is 13.3. The molecule has 0 saturated carbocycles. The second-order valence-electron chi connectivity index (χ2n) is 8.86. The van der Waals surface area contributed by atoms with Gasteiger partial charge >= 0.3 is 0 Å². The zero-order valence-corrected chi connectivity index (χ0v) is 23.1. The lowest BCUT2D eigenvalue weighted by atomic mass is 10.1. The van der Waals surface area contributed by atoms with Crippen molar-refractivity contribution in [1.29, 1.82) is 0 Å². The van der Waals surface area contributed by atoms with E-state index < -0.39 is 11.8 Å². The number of nitrogens with zero attached hydrogens (tertiary/aromatic N) is 2. The van der Waals surface area contributed by atoms with Crippen molar-refractivity contribution >= 4 is 63.0 Å².